The van der Waals surface area contributed by atoms with Gasteiger partial charge in [-0.2, -0.15) is 0 Å². The van der Waals surface area contributed by atoms with Gasteiger partial charge in [0.25, 0.3) is 0 Å². The highest BCUT2D eigenvalue weighted by Crippen LogP contribution is 2.24. The Bertz CT molecular complexity index is 411. The molecule has 1 unspecified atom stereocenters. The molecular weight excluding hydrogens is 274 g/mol. The normalized spacial score (nSPS) is 19.6. The number of aromatic nitrogens is 2. The van der Waals surface area contributed by atoms with Crippen LogP contribution in [0.25, 0.3) is 0 Å². The fourth-order valence-corrected chi connectivity index (χ4v) is 1.90. The van der Waals surface area contributed by atoms with Crippen LogP contribution in [0.3, 0.4) is 0 Å². The molecule has 1 saturated heterocycles. The number of carbonyl (C=O) groups excluding carboxylic acids is 1. The zero-order valence-electron chi connectivity index (χ0n) is 8.53. The fourth-order valence-electron chi connectivity index (χ4n) is 1.56. The van der Waals surface area contributed by atoms with Crippen molar-refractivity contribution in [1.82, 2.24) is 15.3 Å². The van der Waals surface area contributed by atoms with Crippen molar-refractivity contribution < 1.29 is 4.79 Å². The van der Waals surface area contributed by atoms with E-state index in [9.17, 15) is 4.79 Å². The van der Waals surface area contributed by atoms with Crippen molar-refractivity contribution in [3.63, 3.8) is 0 Å². The summed E-state index contributed by atoms with van der Waals surface area (Å²) in [7, 11) is 0. The van der Waals surface area contributed by atoms with Crippen LogP contribution in [0.2, 0.25) is 0 Å². The number of nitrogen functional groups attached to an aromatic ring is 1. The summed E-state index contributed by atoms with van der Waals surface area (Å²) < 4.78 is 0.652. The third-order valence-electron chi connectivity index (χ3n) is 2.42. The van der Waals surface area contributed by atoms with E-state index in [2.05, 4.69) is 36.5 Å². The van der Waals surface area contributed by atoms with Crippen molar-refractivity contribution in [3.05, 3.63) is 10.8 Å². The van der Waals surface area contributed by atoms with Gasteiger partial charge in [-0.1, -0.05) is 0 Å². The van der Waals surface area contributed by atoms with Crippen LogP contribution in [0.5, 0.6) is 0 Å². The first-order chi connectivity index (χ1) is 7.66. The second-order valence-corrected chi connectivity index (χ2v) is 4.40. The smallest absolute Gasteiger partial charge is 0.220 e. The lowest BCUT2D eigenvalue weighted by Gasteiger charge is -2.12. The van der Waals surface area contributed by atoms with E-state index >= 15 is 0 Å². The van der Waals surface area contributed by atoms with Crippen molar-refractivity contribution in [2.24, 2.45) is 0 Å². The number of nitrogens with zero attached hydrogens (tertiary/aromatic N) is 2. The average Bonchev–Trinajstić information content (AvgIpc) is 2.67. The first-order valence-electron chi connectivity index (χ1n) is 4.96. The standard InChI is InChI=1S/C9H12BrN5O/c10-7-8(11)13-4-14-9(7)12-3-5-1-2-6(16)15-5/h4-5H,1-3H2,(H,15,16)(H3,11,12,13,14). The minimum atomic E-state index is 0.105. The summed E-state index contributed by atoms with van der Waals surface area (Å²) >= 11 is 3.30. The molecule has 6 nitrogen and oxygen atoms in total. The molecule has 16 heavy (non-hydrogen) atoms. The summed E-state index contributed by atoms with van der Waals surface area (Å²) in [4.78, 5) is 18.9. The molecule has 1 aromatic rings. The van der Waals surface area contributed by atoms with Gasteiger partial charge >= 0.3 is 0 Å². The Morgan fingerprint density at radius 3 is 3.12 bits per heavy atom. The zero-order chi connectivity index (χ0) is 11.5. The minimum Gasteiger partial charge on any atom is -0.383 e. The van der Waals surface area contributed by atoms with Gasteiger partial charge in [0.05, 0.1) is 0 Å². The van der Waals surface area contributed by atoms with Crippen LogP contribution in [-0.2, 0) is 4.79 Å². The number of hydrogen-bond donors (Lipinski definition) is 3. The van der Waals surface area contributed by atoms with Crippen LogP contribution in [0.1, 0.15) is 12.8 Å². The van der Waals surface area contributed by atoms with Gasteiger partial charge in [0.2, 0.25) is 5.91 Å². The Hall–Kier alpha value is -1.37. The number of carbonyl (C=O) groups is 1. The average molecular weight is 286 g/mol. The van der Waals surface area contributed by atoms with Crippen molar-refractivity contribution in [2.45, 2.75) is 18.9 Å². The van der Waals surface area contributed by atoms with Gasteiger partial charge in [-0.3, -0.25) is 4.79 Å². The number of nitrogens with two attached hydrogens (primary N) is 1. The minimum absolute atomic E-state index is 0.105. The van der Waals surface area contributed by atoms with E-state index in [4.69, 9.17) is 5.73 Å². The molecule has 1 amide bonds. The highest BCUT2D eigenvalue weighted by atomic mass is 79.9. The van der Waals surface area contributed by atoms with Crippen molar-refractivity contribution >= 4 is 33.5 Å². The molecule has 86 valence electrons. The molecule has 0 aliphatic carbocycles. The molecule has 0 radical (unpaired) electrons. The molecule has 0 saturated carbocycles. The summed E-state index contributed by atoms with van der Waals surface area (Å²) in [6, 6.07) is 0.163. The van der Waals surface area contributed by atoms with E-state index < -0.39 is 0 Å². The molecule has 7 heteroatoms. The Morgan fingerprint density at radius 2 is 2.44 bits per heavy atom. The van der Waals surface area contributed by atoms with E-state index in [1.807, 2.05) is 0 Å². The largest absolute Gasteiger partial charge is 0.383 e. The quantitative estimate of drug-likeness (QED) is 0.753. The molecular formula is C9H12BrN5O. The molecule has 0 bridgehead atoms. The maximum Gasteiger partial charge on any atom is 0.220 e. The first-order valence-corrected chi connectivity index (χ1v) is 5.75. The maximum atomic E-state index is 11.0. The maximum absolute atomic E-state index is 11.0. The molecule has 4 N–H and O–H groups in total. The number of amides is 1. The van der Waals surface area contributed by atoms with Gasteiger partial charge < -0.3 is 16.4 Å². The van der Waals surface area contributed by atoms with Gasteiger partial charge in [-0.15, -0.1) is 0 Å². The summed E-state index contributed by atoms with van der Waals surface area (Å²) in [6.45, 7) is 0.640. The first kappa shape index (κ1) is 11.1. The third kappa shape index (κ3) is 2.41. The van der Waals surface area contributed by atoms with Gasteiger partial charge in [-0.25, -0.2) is 9.97 Å². The molecule has 0 aromatic carbocycles. The van der Waals surface area contributed by atoms with E-state index in [-0.39, 0.29) is 11.9 Å². The Labute approximate surface area is 101 Å². The van der Waals surface area contributed by atoms with E-state index in [1.165, 1.54) is 6.33 Å². The summed E-state index contributed by atoms with van der Waals surface area (Å²) in [5.74, 6) is 1.15. The summed E-state index contributed by atoms with van der Waals surface area (Å²) in [5.41, 5.74) is 5.62. The third-order valence-corrected chi connectivity index (χ3v) is 3.20. The van der Waals surface area contributed by atoms with E-state index in [0.29, 0.717) is 29.1 Å². The van der Waals surface area contributed by atoms with Crippen molar-refractivity contribution in [2.75, 3.05) is 17.6 Å². The van der Waals surface area contributed by atoms with Crippen LogP contribution in [0, 0.1) is 0 Å². The van der Waals surface area contributed by atoms with Crippen LogP contribution in [0.15, 0.2) is 10.8 Å². The van der Waals surface area contributed by atoms with Crippen molar-refractivity contribution in [1.29, 1.82) is 0 Å². The molecule has 1 fully saturated rings. The molecule has 1 aliphatic rings. The van der Waals surface area contributed by atoms with E-state index in [1.54, 1.807) is 0 Å². The summed E-state index contributed by atoms with van der Waals surface area (Å²) in [6.07, 6.45) is 2.85. The van der Waals surface area contributed by atoms with Crippen LogP contribution in [0.4, 0.5) is 11.6 Å². The molecule has 2 rings (SSSR count). The van der Waals surface area contributed by atoms with Gasteiger partial charge in [-0.05, 0) is 22.4 Å². The fraction of sp³-hybridized carbons (Fsp3) is 0.444. The van der Waals surface area contributed by atoms with E-state index in [0.717, 1.165) is 6.42 Å². The Balaban J connectivity index is 1.94. The lowest BCUT2D eigenvalue weighted by molar-refractivity contribution is -0.119. The monoisotopic (exact) mass is 285 g/mol. The lowest BCUT2D eigenvalue weighted by Crippen LogP contribution is -2.32. The van der Waals surface area contributed by atoms with Crippen molar-refractivity contribution in [3.8, 4) is 0 Å². The topological polar surface area (TPSA) is 92.9 Å². The second kappa shape index (κ2) is 4.65. The number of anilines is 2. The van der Waals surface area contributed by atoms with Crippen LogP contribution >= 0.6 is 15.9 Å². The predicted octanol–water partition coefficient (Wildman–Crippen LogP) is 0.512. The van der Waals surface area contributed by atoms with Gasteiger partial charge in [0.1, 0.15) is 22.4 Å². The molecule has 1 aliphatic heterocycles. The predicted molar refractivity (Wildman–Crippen MR) is 63.8 cm³/mol. The van der Waals surface area contributed by atoms with Gasteiger partial charge in [0.15, 0.2) is 0 Å². The number of hydrogen-bond acceptors (Lipinski definition) is 5. The zero-order valence-corrected chi connectivity index (χ0v) is 10.1. The number of halogens is 1. The molecule has 0 spiro atoms. The molecule has 1 aromatic heterocycles. The highest BCUT2D eigenvalue weighted by Gasteiger charge is 2.20. The molecule has 1 atom stereocenters. The number of rotatable bonds is 3. The Morgan fingerprint density at radius 1 is 1.62 bits per heavy atom. The highest BCUT2D eigenvalue weighted by molar-refractivity contribution is 9.10. The van der Waals surface area contributed by atoms with Gasteiger partial charge in [0, 0.05) is 19.0 Å². The van der Waals surface area contributed by atoms with Crippen LogP contribution in [-0.4, -0.2) is 28.5 Å². The lowest BCUT2D eigenvalue weighted by atomic mass is 10.2. The second-order valence-electron chi connectivity index (χ2n) is 3.61. The Kier molecular flexibility index (Phi) is 3.23. The molecule has 2 heterocycles. The summed E-state index contributed by atoms with van der Waals surface area (Å²) in [5, 5.41) is 5.99. The SMILES string of the molecule is Nc1ncnc(NCC2CCC(=O)N2)c1Br. The van der Waals surface area contributed by atoms with Crippen LogP contribution < -0.4 is 16.4 Å². The number of nitrogens with one attached hydrogen (secondary N) is 2.